The normalized spacial score (nSPS) is 11.2. The van der Waals surface area contributed by atoms with Crippen LogP contribution in [0.5, 0.6) is 0 Å². The second-order valence-electron chi connectivity index (χ2n) is 6.31. The van der Waals surface area contributed by atoms with Crippen molar-refractivity contribution in [2.75, 3.05) is 7.11 Å². The zero-order valence-electron chi connectivity index (χ0n) is 15.4. The van der Waals surface area contributed by atoms with Gasteiger partial charge in [-0.25, -0.2) is 14.5 Å². The zero-order chi connectivity index (χ0) is 19.4. The van der Waals surface area contributed by atoms with Gasteiger partial charge >= 0.3 is 5.97 Å². The van der Waals surface area contributed by atoms with Gasteiger partial charge in [-0.15, -0.1) is 5.10 Å². The molecule has 5 nitrogen and oxygen atoms in total. The van der Waals surface area contributed by atoms with Crippen LogP contribution in [-0.2, 0) is 10.3 Å². The summed E-state index contributed by atoms with van der Waals surface area (Å²) in [4.78, 5) is 16.2. The molecule has 0 bridgehead atoms. The Hall–Kier alpha value is -3.73. The average Bonchev–Trinajstić information content (AvgIpc) is 3.26. The van der Waals surface area contributed by atoms with Crippen LogP contribution in [0, 0.1) is 0 Å². The van der Waals surface area contributed by atoms with E-state index in [2.05, 4.69) is 46.5 Å². The van der Waals surface area contributed by atoms with E-state index in [1.54, 1.807) is 11.0 Å². The summed E-state index contributed by atoms with van der Waals surface area (Å²) >= 11 is 0. The summed E-state index contributed by atoms with van der Waals surface area (Å²) in [5.41, 5.74) is 2.24. The van der Waals surface area contributed by atoms with Crippen molar-refractivity contribution in [2.45, 2.75) is 5.54 Å². The smallest absolute Gasteiger partial charge is 0.377 e. The van der Waals surface area contributed by atoms with Gasteiger partial charge in [0, 0.05) is 0 Å². The van der Waals surface area contributed by atoms with E-state index in [1.807, 2.05) is 54.6 Å². The lowest BCUT2D eigenvalue weighted by molar-refractivity contribution is 0.0586. The van der Waals surface area contributed by atoms with E-state index < -0.39 is 11.5 Å². The number of nitrogens with zero attached hydrogens (tertiary/aromatic N) is 3. The van der Waals surface area contributed by atoms with Crippen LogP contribution >= 0.6 is 0 Å². The lowest BCUT2D eigenvalue weighted by Crippen LogP contribution is -2.38. The first kappa shape index (κ1) is 17.7. The minimum Gasteiger partial charge on any atom is -0.463 e. The number of methoxy groups -OCH3 is 1. The molecule has 0 radical (unpaired) electrons. The van der Waals surface area contributed by atoms with Crippen molar-refractivity contribution in [1.29, 1.82) is 0 Å². The van der Waals surface area contributed by atoms with Crippen molar-refractivity contribution < 1.29 is 9.53 Å². The van der Waals surface area contributed by atoms with E-state index in [4.69, 9.17) is 4.74 Å². The molecule has 4 aromatic rings. The van der Waals surface area contributed by atoms with Gasteiger partial charge in [0.25, 0.3) is 5.82 Å². The van der Waals surface area contributed by atoms with Crippen LogP contribution < -0.4 is 0 Å². The van der Waals surface area contributed by atoms with Crippen LogP contribution in [0.2, 0.25) is 0 Å². The second-order valence-corrected chi connectivity index (χ2v) is 6.31. The Labute approximate surface area is 163 Å². The minimum absolute atomic E-state index is 0.0228. The summed E-state index contributed by atoms with van der Waals surface area (Å²) in [6.45, 7) is 0. The molecular formula is C23H19N3O2. The highest BCUT2D eigenvalue weighted by atomic mass is 16.5. The summed E-state index contributed by atoms with van der Waals surface area (Å²) in [7, 11) is 1.32. The van der Waals surface area contributed by atoms with Crippen molar-refractivity contribution in [3.63, 3.8) is 0 Å². The second kappa shape index (κ2) is 7.48. The molecule has 0 spiro atoms. The maximum atomic E-state index is 12.0. The number of esters is 1. The molecule has 0 unspecified atom stereocenters. The first-order valence-corrected chi connectivity index (χ1v) is 8.94. The van der Waals surface area contributed by atoms with Gasteiger partial charge in [-0.05, 0) is 16.7 Å². The molecule has 4 rings (SSSR count). The van der Waals surface area contributed by atoms with Gasteiger partial charge in [0.2, 0.25) is 0 Å². The maximum Gasteiger partial charge on any atom is 0.377 e. The van der Waals surface area contributed by atoms with Crippen LogP contribution in [-0.4, -0.2) is 27.8 Å². The Bertz CT molecular complexity index is 964. The zero-order valence-corrected chi connectivity index (χ0v) is 15.4. The minimum atomic E-state index is -0.789. The number of carbonyl (C=O) groups excluding carboxylic acids is 1. The Morgan fingerprint density at radius 2 is 1.21 bits per heavy atom. The van der Waals surface area contributed by atoms with Crippen molar-refractivity contribution >= 4 is 5.97 Å². The predicted molar refractivity (Wildman–Crippen MR) is 106 cm³/mol. The molecular weight excluding hydrogens is 350 g/mol. The average molecular weight is 369 g/mol. The highest BCUT2D eigenvalue weighted by molar-refractivity contribution is 5.84. The van der Waals surface area contributed by atoms with Crippen LogP contribution in [0.3, 0.4) is 0 Å². The molecule has 0 amide bonds. The number of hydrogen-bond acceptors (Lipinski definition) is 4. The molecule has 3 aromatic carbocycles. The third kappa shape index (κ3) is 2.87. The largest absolute Gasteiger partial charge is 0.463 e. The summed E-state index contributed by atoms with van der Waals surface area (Å²) in [5.74, 6) is -0.545. The molecule has 28 heavy (non-hydrogen) atoms. The molecule has 0 atom stereocenters. The van der Waals surface area contributed by atoms with Crippen molar-refractivity contribution in [3.8, 4) is 0 Å². The van der Waals surface area contributed by atoms with Crippen LogP contribution in [0.25, 0.3) is 0 Å². The van der Waals surface area contributed by atoms with E-state index in [1.165, 1.54) is 7.11 Å². The van der Waals surface area contributed by atoms with Crippen molar-refractivity contribution in [1.82, 2.24) is 14.8 Å². The van der Waals surface area contributed by atoms with Crippen LogP contribution in [0.15, 0.2) is 97.3 Å². The summed E-state index contributed by atoms with van der Waals surface area (Å²) < 4.78 is 6.54. The molecule has 0 aliphatic heterocycles. The molecule has 5 heteroatoms. The lowest BCUT2D eigenvalue weighted by atomic mass is 9.77. The molecule has 0 saturated carbocycles. The number of aromatic nitrogens is 3. The summed E-state index contributed by atoms with van der Waals surface area (Å²) in [6, 6.07) is 30.2. The van der Waals surface area contributed by atoms with E-state index in [9.17, 15) is 4.79 Å². The Kier molecular flexibility index (Phi) is 4.72. The molecule has 0 aliphatic rings. The molecule has 1 aromatic heterocycles. The fraction of sp³-hybridized carbons (Fsp3) is 0.0870. The molecule has 0 N–H and O–H groups in total. The van der Waals surface area contributed by atoms with Gasteiger partial charge < -0.3 is 4.74 Å². The molecule has 138 valence electrons. The predicted octanol–water partition coefficient (Wildman–Crippen LogP) is 3.90. The van der Waals surface area contributed by atoms with Gasteiger partial charge in [0.05, 0.1) is 7.11 Å². The fourth-order valence-corrected chi connectivity index (χ4v) is 3.54. The first-order chi connectivity index (χ1) is 13.8. The Morgan fingerprint density at radius 1 is 0.786 bits per heavy atom. The van der Waals surface area contributed by atoms with Gasteiger partial charge in [0.15, 0.2) is 0 Å². The van der Waals surface area contributed by atoms with Gasteiger partial charge in [-0.1, -0.05) is 91.0 Å². The summed E-state index contributed by atoms with van der Waals surface area (Å²) in [5, 5.41) is 4.51. The molecule has 1 heterocycles. The Balaban J connectivity index is 2.07. The molecule has 0 saturated heterocycles. The van der Waals surface area contributed by atoms with E-state index in [0.29, 0.717) is 0 Å². The van der Waals surface area contributed by atoms with Gasteiger partial charge in [0.1, 0.15) is 11.9 Å². The van der Waals surface area contributed by atoms with Crippen LogP contribution in [0.4, 0.5) is 0 Å². The molecule has 0 aliphatic carbocycles. The topological polar surface area (TPSA) is 57.0 Å². The van der Waals surface area contributed by atoms with E-state index >= 15 is 0 Å². The van der Waals surface area contributed by atoms with E-state index in [0.717, 1.165) is 16.7 Å². The fourth-order valence-electron chi connectivity index (χ4n) is 3.54. The van der Waals surface area contributed by atoms with Crippen LogP contribution in [0.1, 0.15) is 27.3 Å². The standard InChI is InChI=1S/C23H19N3O2/c1-28-22(27)21-24-17-26(25-21)23(18-11-5-2-6-12-18,19-13-7-3-8-14-19)20-15-9-4-10-16-20/h2-17H,1H3. The third-order valence-corrected chi connectivity index (χ3v) is 4.78. The van der Waals surface area contributed by atoms with Crippen molar-refractivity contribution in [3.05, 3.63) is 120 Å². The highest BCUT2D eigenvalue weighted by Gasteiger charge is 2.40. The monoisotopic (exact) mass is 369 g/mol. The quantitative estimate of drug-likeness (QED) is 0.395. The molecule has 0 fully saturated rings. The maximum absolute atomic E-state index is 12.0. The number of carbonyl (C=O) groups is 1. The third-order valence-electron chi connectivity index (χ3n) is 4.78. The van der Waals surface area contributed by atoms with E-state index in [-0.39, 0.29) is 5.82 Å². The van der Waals surface area contributed by atoms with Gasteiger partial charge in [-0.2, -0.15) is 0 Å². The number of benzene rings is 3. The lowest BCUT2D eigenvalue weighted by Gasteiger charge is -2.35. The Morgan fingerprint density at radius 3 is 1.61 bits per heavy atom. The number of ether oxygens (including phenoxy) is 1. The number of hydrogen-bond donors (Lipinski definition) is 0. The highest BCUT2D eigenvalue weighted by Crippen LogP contribution is 2.39. The first-order valence-electron chi connectivity index (χ1n) is 8.94. The number of rotatable bonds is 5. The van der Waals surface area contributed by atoms with Gasteiger partial charge in [-0.3, -0.25) is 0 Å². The van der Waals surface area contributed by atoms with Crippen molar-refractivity contribution in [2.24, 2.45) is 0 Å². The summed E-state index contributed by atoms with van der Waals surface area (Å²) in [6.07, 6.45) is 1.58. The SMILES string of the molecule is COC(=O)c1ncn(C(c2ccccc2)(c2ccccc2)c2ccccc2)n1.